The number of cyclic esters (lactones) is 1. The molecule has 0 saturated carbocycles. The number of carbonyl (C=O) groups excluding carboxylic acids is 1. The second kappa shape index (κ2) is 8.48. The van der Waals surface area contributed by atoms with Crippen LogP contribution in [0.4, 0.5) is 0 Å². The summed E-state index contributed by atoms with van der Waals surface area (Å²) in [5, 5.41) is 0. The summed E-state index contributed by atoms with van der Waals surface area (Å²) in [6.07, 6.45) is 1.64. The third-order valence-corrected chi connectivity index (χ3v) is 4.46. The number of rotatable bonds is 6. The van der Waals surface area contributed by atoms with Crippen molar-refractivity contribution in [2.45, 2.75) is 20.0 Å². The minimum absolute atomic E-state index is 0.00382. The highest BCUT2D eigenvalue weighted by Gasteiger charge is 2.24. The van der Waals surface area contributed by atoms with E-state index in [1.807, 2.05) is 19.9 Å². The fourth-order valence-corrected chi connectivity index (χ4v) is 3.15. The fourth-order valence-electron chi connectivity index (χ4n) is 2.60. The summed E-state index contributed by atoms with van der Waals surface area (Å²) >= 11 is 3.50. The van der Waals surface area contributed by atoms with Gasteiger partial charge in [0, 0.05) is 5.56 Å². The maximum absolute atomic E-state index is 12.2. The van der Waals surface area contributed by atoms with Crippen molar-refractivity contribution >= 4 is 33.9 Å². The van der Waals surface area contributed by atoms with Crippen LogP contribution < -0.4 is 14.2 Å². The molecular formula is C21H20BrNO5. The molecule has 1 aliphatic heterocycles. The second-order valence-corrected chi connectivity index (χ2v) is 7.12. The van der Waals surface area contributed by atoms with Gasteiger partial charge in [-0.3, -0.25) is 0 Å². The third-order valence-electron chi connectivity index (χ3n) is 3.87. The predicted molar refractivity (Wildman–Crippen MR) is 110 cm³/mol. The molecule has 28 heavy (non-hydrogen) atoms. The Morgan fingerprint density at radius 1 is 1.11 bits per heavy atom. The molecular weight excluding hydrogens is 426 g/mol. The quantitative estimate of drug-likeness (QED) is 0.480. The van der Waals surface area contributed by atoms with Gasteiger partial charge in [0.25, 0.3) is 0 Å². The predicted octanol–water partition coefficient (Wildman–Crippen LogP) is 4.60. The van der Waals surface area contributed by atoms with Gasteiger partial charge in [0.05, 0.1) is 24.8 Å². The van der Waals surface area contributed by atoms with Crippen molar-refractivity contribution < 1.29 is 23.7 Å². The number of ether oxygens (including phenoxy) is 4. The lowest BCUT2D eigenvalue weighted by atomic mass is 10.1. The van der Waals surface area contributed by atoms with E-state index in [1.165, 1.54) is 0 Å². The Morgan fingerprint density at radius 2 is 1.82 bits per heavy atom. The summed E-state index contributed by atoms with van der Waals surface area (Å²) in [6, 6.07) is 10.7. The highest BCUT2D eigenvalue weighted by atomic mass is 79.9. The highest BCUT2D eigenvalue weighted by Crippen LogP contribution is 2.38. The van der Waals surface area contributed by atoms with E-state index in [-0.39, 0.29) is 17.7 Å². The Labute approximate surface area is 171 Å². The molecule has 0 unspecified atom stereocenters. The molecule has 0 amide bonds. The fraction of sp³-hybridized carbons (Fsp3) is 0.238. The minimum Gasteiger partial charge on any atom is -0.497 e. The van der Waals surface area contributed by atoms with Crippen LogP contribution in [0, 0.1) is 0 Å². The number of benzene rings is 2. The number of nitrogens with zero attached hydrogens (tertiary/aromatic N) is 1. The molecule has 2 aromatic rings. The maximum Gasteiger partial charge on any atom is 0.363 e. The second-order valence-electron chi connectivity index (χ2n) is 6.27. The standard InChI is InChI=1S/C21H20BrNO5/c1-12(2)27-19-16(22)9-13(11-18(19)26-4)10-17-21(24)28-20(23-17)14-5-7-15(25-3)8-6-14/h5-12H,1-4H3. The average Bonchev–Trinajstić information content (AvgIpc) is 3.04. The molecule has 2 aromatic carbocycles. The first-order valence-corrected chi connectivity index (χ1v) is 9.41. The number of aliphatic imine (C=N–C) groups is 1. The number of halogens is 1. The topological polar surface area (TPSA) is 66.3 Å². The Bertz CT molecular complexity index is 948. The lowest BCUT2D eigenvalue weighted by molar-refractivity contribution is -0.129. The number of methoxy groups -OCH3 is 2. The maximum atomic E-state index is 12.2. The molecule has 1 heterocycles. The zero-order chi connectivity index (χ0) is 20.3. The molecule has 0 atom stereocenters. The highest BCUT2D eigenvalue weighted by molar-refractivity contribution is 9.10. The molecule has 0 spiro atoms. The van der Waals surface area contributed by atoms with E-state index in [1.54, 1.807) is 50.6 Å². The van der Waals surface area contributed by atoms with E-state index in [4.69, 9.17) is 18.9 Å². The van der Waals surface area contributed by atoms with Crippen molar-refractivity contribution in [1.29, 1.82) is 0 Å². The molecule has 0 radical (unpaired) electrons. The van der Waals surface area contributed by atoms with Crippen LogP contribution in [0.5, 0.6) is 17.2 Å². The Balaban J connectivity index is 1.92. The van der Waals surface area contributed by atoms with Gasteiger partial charge in [-0.2, -0.15) is 0 Å². The van der Waals surface area contributed by atoms with Gasteiger partial charge in [0.1, 0.15) is 5.75 Å². The number of hydrogen-bond acceptors (Lipinski definition) is 6. The van der Waals surface area contributed by atoms with Gasteiger partial charge in [-0.1, -0.05) is 0 Å². The van der Waals surface area contributed by atoms with Crippen molar-refractivity contribution in [3.8, 4) is 17.2 Å². The molecule has 0 saturated heterocycles. The summed E-state index contributed by atoms with van der Waals surface area (Å²) < 4.78 is 22.4. The van der Waals surface area contributed by atoms with Gasteiger partial charge < -0.3 is 18.9 Å². The molecule has 0 fully saturated rings. The Kier molecular flexibility index (Phi) is 6.04. The SMILES string of the molecule is COc1ccc(C2=NC(=Cc3cc(Br)c(OC(C)C)c(OC)c3)C(=O)O2)cc1. The van der Waals surface area contributed by atoms with Gasteiger partial charge in [0.15, 0.2) is 17.2 Å². The van der Waals surface area contributed by atoms with Crippen LogP contribution in [0.3, 0.4) is 0 Å². The minimum atomic E-state index is -0.511. The number of esters is 1. The molecule has 6 nitrogen and oxygen atoms in total. The lowest BCUT2D eigenvalue weighted by Crippen LogP contribution is -2.07. The van der Waals surface area contributed by atoms with E-state index >= 15 is 0 Å². The van der Waals surface area contributed by atoms with Gasteiger partial charge in [-0.15, -0.1) is 0 Å². The number of hydrogen-bond donors (Lipinski definition) is 0. The van der Waals surface area contributed by atoms with Crippen LogP contribution in [0.2, 0.25) is 0 Å². The van der Waals surface area contributed by atoms with Crippen LogP contribution in [-0.2, 0) is 9.53 Å². The third kappa shape index (κ3) is 4.36. The average molecular weight is 446 g/mol. The van der Waals surface area contributed by atoms with E-state index in [0.717, 1.165) is 10.0 Å². The van der Waals surface area contributed by atoms with Crippen LogP contribution in [-0.4, -0.2) is 32.2 Å². The van der Waals surface area contributed by atoms with Crippen molar-refractivity contribution in [2.24, 2.45) is 4.99 Å². The Hall–Kier alpha value is -2.80. The Morgan fingerprint density at radius 3 is 2.43 bits per heavy atom. The normalized spacial score (nSPS) is 14.9. The van der Waals surface area contributed by atoms with E-state index in [9.17, 15) is 4.79 Å². The van der Waals surface area contributed by atoms with Crippen molar-refractivity contribution in [1.82, 2.24) is 0 Å². The van der Waals surface area contributed by atoms with Crippen LogP contribution in [0.25, 0.3) is 6.08 Å². The summed E-state index contributed by atoms with van der Waals surface area (Å²) in [7, 11) is 3.16. The first-order chi connectivity index (χ1) is 13.4. The zero-order valence-corrected chi connectivity index (χ0v) is 17.6. The van der Waals surface area contributed by atoms with Crippen LogP contribution in [0.1, 0.15) is 25.0 Å². The lowest BCUT2D eigenvalue weighted by Gasteiger charge is -2.15. The molecule has 7 heteroatoms. The first kappa shape index (κ1) is 19.9. The van der Waals surface area contributed by atoms with Crippen molar-refractivity contribution in [3.05, 3.63) is 57.7 Å². The smallest absolute Gasteiger partial charge is 0.363 e. The van der Waals surface area contributed by atoms with Crippen molar-refractivity contribution in [2.75, 3.05) is 14.2 Å². The largest absolute Gasteiger partial charge is 0.497 e. The van der Waals surface area contributed by atoms with Crippen molar-refractivity contribution in [3.63, 3.8) is 0 Å². The van der Waals surface area contributed by atoms with E-state index in [2.05, 4.69) is 20.9 Å². The molecule has 1 aliphatic rings. The molecule has 0 bridgehead atoms. The summed E-state index contributed by atoms with van der Waals surface area (Å²) in [5.74, 6) is 1.62. The van der Waals surface area contributed by atoms with Gasteiger partial charge in [0.2, 0.25) is 5.90 Å². The summed E-state index contributed by atoms with van der Waals surface area (Å²) in [5.41, 5.74) is 1.63. The monoisotopic (exact) mass is 445 g/mol. The molecule has 0 aromatic heterocycles. The van der Waals surface area contributed by atoms with Gasteiger partial charge in [-0.05, 0) is 77.8 Å². The number of carbonyl (C=O) groups is 1. The molecule has 0 N–H and O–H groups in total. The molecule has 0 aliphatic carbocycles. The van der Waals surface area contributed by atoms with Gasteiger partial charge in [-0.25, -0.2) is 9.79 Å². The summed E-state index contributed by atoms with van der Waals surface area (Å²) in [4.78, 5) is 16.6. The molecule has 3 rings (SSSR count). The molecule has 146 valence electrons. The van der Waals surface area contributed by atoms with Crippen LogP contribution >= 0.6 is 15.9 Å². The summed E-state index contributed by atoms with van der Waals surface area (Å²) in [6.45, 7) is 3.87. The zero-order valence-electron chi connectivity index (χ0n) is 16.0. The van der Waals surface area contributed by atoms with Gasteiger partial charge >= 0.3 is 5.97 Å². The van der Waals surface area contributed by atoms with E-state index in [0.29, 0.717) is 22.8 Å². The van der Waals surface area contributed by atoms with Crippen LogP contribution in [0.15, 0.2) is 51.6 Å². The van der Waals surface area contributed by atoms with E-state index < -0.39 is 5.97 Å². The first-order valence-electron chi connectivity index (χ1n) is 8.62.